The lowest BCUT2D eigenvalue weighted by atomic mass is 10.0. The minimum absolute atomic E-state index is 0.00227. The first-order chi connectivity index (χ1) is 6.16. The average Bonchev–Trinajstić information content (AvgIpc) is 2.08. The van der Waals surface area contributed by atoms with Crippen molar-refractivity contribution in [2.75, 3.05) is 0 Å². The van der Waals surface area contributed by atoms with Gasteiger partial charge >= 0.3 is 0 Å². The molecule has 1 aromatic rings. The maximum absolute atomic E-state index is 13.0. The monoisotopic (exact) mass is 177 g/mol. The summed E-state index contributed by atoms with van der Waals surface area (Å²) in [4.78, 5) is 15.0. The number of allylic oxidation sites excluding steroid dienone is 1. The van der Waals surface area contributed by atoms with E-state index in [1.54, 1.807) is 13.0 Å². The predicted molar refractivity (Wildman–Crippen MR) is 46.7 cm³/mol. The number of fused-ring (bicyclic) bond motifs is 1. The number of nitrogens with zero attached hydrogens (tertiary/aromatic N) is 1. The summed E-state index contributed by atoms with van der Waals surface area (Å²) in [6.45, 7) is 1.61. The Morgan fingerprint density at radius 1 is 1.46 bits per heavy atom. The zero-order valence-corrected chi connectivity index (χ0v) is 7.17. The summed E-state index contributed by atoms with van der Waals surface area (Å²) in [6.07, 6.45) is 3.37. The molecule has 0 saturated heterocycles. The molecule has 1 heterocycles. The summed E-state index contributed by atoms with van der Waals surface area (Å²) in [5.74, 6) is -0.348. The van der Waals surface area contributed by atoms with Crippen LogP contribution in [0, 0.1) is 12.7 Å². The van der Waals surface area contributed by atoms with Gasteiger partial charge in [-0.3, -0.25) is 9.78 Å². The van der Waals surface area contributed by atoms with Crippen LogP contribution in [0.4, 0.5) is 4.39 Å². The number of rotatable bonds is 0. The van der Waals surface area contributed by atoms with Gasteiger partial charge in [-0.05, 0) is 30.7 Å². The molecule has 0 saturated carbocycles. The van der Waals surface area contributed by atoms with E-state index in [4.69, 9.17) is 0 Å². The third-order valence-electron chi connectivity index (χ3n) is 2.06. The van der Waals surface area contributed by atoms with Crippen molar-refractivity contribution in [1.29, 1.82) is 0 Å². The molecule has 0 fully saturated rings. The molecular weight excluding hydrogens is 169 g/mol. The number of carbonyl (C=O) groups excluding carboxylic acids is 1. The van der Waals surface area contributed by atoms with Crippen LogP contribution in [0.3, 0.4) is 0 Å². The van der Waals surface area contributed by atoms with E-state index < -0.39 is 0 Å². The lowest BCUT2D eigenvalue weighted by Crippen LogP contribution is -2.08. The van der Waals surface area contributed by atoms with E-state index in [0.29, 0.717) is 17.0 Å². The van der Waals surface area contributed by atoms with Crippen LogP contribution in [0.15, 0.2) is 12.1 Å². The molecule has 0 spiro atoms. The van der Waals surface area contributed by atoms with Crippen molar-refractivity contribution in [3.8, 4) is 0 Å². The minimum Gasteiger partial charge on any atom is -0.294 e. The molecule has 0 aliphatic heterocycles. The number of aryl methyl sites for hydroxylation is 1. The number of hydrogen-bond acceptors (Lipinski definition) is 2. The zero-order chi connectivity index (χ0) is 9.42. The molecule has 2 nitrogen and oxygen atoms in total. The summed E-state index contributed by atoms with van der Waals surface area (Å²) in [5, 5.41) is 0. The summed E-state index contributed by atoms with van der Waals surface area (Å²) in [5.41, 5.74) is 1.76. The number of pyridine rings is 1. The summed E-state index contributed by atoms with van der Waals surface area (Å²) in [7, 11) is 0. The van der Waals surface area contributed by atoms with E-state index in [9.17, 15) is 9.18 Å². The Bertz CT molecular complexity index is 410. The molecule has 0 amide bonds. The molecule has 0 radical (unpaired) electrons. The van der Waals surface area contributed by atoms with Gasteiger partial charge in [0.15, 0.2) is 5.78 Å². The molecule has 0 bridgehead atoms. The number of carbonyl (C=O) groups is 1. The average molecular weight is 177 g/mol. The molecule has 1 aliphatic carbocycles. The Morgan fingerprint density at radius 3 is 3.00 bits per heavy atom. The van der Waals surface area contributed by atoms with Crippen LogP contribution in [0.25, 0.3) is 6.08 Å². The van der Waals surface area contributed by atoms with Gasteiger partial charge in [-0.2, -0.15) is 0 Å². The molecular formula is C10H8FNO. The number of halogens is 1. The van der Waals surface area contributed by atoms with E-state index in [-0.39, 0.29) is 18.0 Å². The first-order valence-electron chi connectivity index (χ1n) is 4.04. The maximum atomic E-state index is 13.0. The largest absolute Gasteiger partial charge is 0.294 e. The summed E-state index contributed by atoms with van der Waals surface area (Å²) >= 11 is 0. The summed E-state index contributed by atoms with van der Waals surface area (Å²) in [6, 6.07) is 1.39. The second-order valence-electron chi connectivity index (χ2n) is 3.08. The van der Waals surface area contributed by atoms with Crippen molar-refractivity contribution in [2.45, 2.75) is 13.3 Å². The van der Waals surface area contributed by atoms with Gasteiger partial charge in [-0.25, -0.2) is 4.39 Å². The lowest BCUT2D eigenvalue weighted by molar-refractivity contribution is -0.114. The third kappa shape index (κ3) is 1.37. The first kappa shape index (κ1) is 8.10. The van der Waals surface area contributed by atoms with Crippen molar-refractivity contribution >= 4 is 11.9 Å². The van der Waals surface area contributed by atoms with Gasteiger partial charge in [0.05, 0.1) is 11.4 Å². The highest BCUT2D eigenvalue weighted by molar-refractivity contribution is 5.97. The highest BCUT2D eigenvalue weighted by Gasteiger charge is 2.13. The molecule has 2 rings (SSSR count). The molecule has 1 aromatic heterocycles. The van der Waals surface area contributed by atoms with Crippen LogP contribution < -0.4 is 0 Å². The van der Waals surface area contributed by atoms with E-state index >= 15 is 0 Å². The molecule has 0 unspecified atom stereocenters. The maximum Gasteiger partial charge on any atom is 0.160 e. The standard InChI is InChI=1S/C10H8FNO/c1-6-9(11)5-7-4-8(13)2-3-10(7)12-6/h2-3,5H,4H2,1H3. The van der Waals surface area contributed by atoms with Crippen LogP contribution in [-0.4, -0.2) is 10.8 Å². The van der Waals surface area contributed by atoms with Crippen LogP contribution >= 0.6 is 0 Å². The Balaban J connectivity index is 2.58. The molecule has 0 N–H and O–H groups in total. The molecule has 1 aliphatic rings. The van der Waals surface area contributed by atoms with Crippen LogP contribution in [0.5, 0.6) is 0 Å². The highest BCUT2D eigenvalue weighted by atomic mass is 19.1. The molecule has 13 heavy (non-hydrogen) atoms. The molecule has 0 aromatic carbocycles. The Morgan fingerprint density at radius 2 is 2.23 bits per heavy atom. The van der Waals surface area contributed by atoms with Crippen molar-refractivity contribution in [3.63, 3.8) is 0 Å². The highest BCUT2D eigenvalue weighted by Crippen LogP contribution is 2.17. The van der Waals surface area contributed by atoms with E-state index in [1.165, 1.54) is 12.1 Å². The van der Waals surface area contributed by atoms with Gasteiger partial charge in [-0.15, -0.1) is 0 Å². The molecule has 0 atom stereocenters. The topological polar surface area (TPSA) is 30.0 Å². The fourth-order valence-corrected chi connectivity index (χ4v) is 1.34. The van der Waals surface area contributed by atoms with E-state index in [2.05, 4.69) is 4.98 Å². The van der Waals surface area contributed by atoms with Crippen LogP contribution in [0.2, 0.25) is 0 Å². The lowest BCUT2D eigenvalue weighted by Gasteiger charge is -2.09. The fourth-order valence-electron chi connectivity index (χ4n) is 1.34. The fraction of sp³-hybridized carbons (Fsp3) is 0.200. The van der Waals surface area contributed by atoms with E-state index in [1.807, 2.05) is 0 Å². The predicted octanol–water partition coefficient (Wildman–Crippen LogP) is 1.67. The number of aromatic nitrogens is 1. The Labute approximate surface area is 75.1 Å². The quantitative estimate of drug-likeness (QED) is 0.603. The zero-order valence-electron chi connectivity index (χ0n) is 7.17. The van der Waals surface area contributed by atoms with Gasteiger partial charge in [0.25, 0.3) is 0 Å². The van der Waals surface area contributed by atoms with Gasteiger partial charge < -0.3 is 0 Å². The first-order valence-corrected chi connectivity index (χ1v) is 4.04. The minimum atomic E-state index is -0.346. The van der Waals surface area contributed by atoms with Crippen LogP contribution in [0.1, 0.15) is 17.0 Å². The van der Waals surface area contributed by atoms with Gasteiger partial charge in [0.2, 0.25) is 0 Å². The number of ketones is 1. The second kappa shape index (κ2) is 2.76. The van der Waals surface area contributed by atoms with Crippen molar-refractivity contribution < 1.29 is 9.18 Å². The Kier molecular flexibility index (Phi) is 1.72. The third-order valence-corrected chi connectivity index (χ3v) is 2.06. The normalized spacial score (nSPS) is 14.5. The van der Waals surface area contributed by atoms with Gasteiger partial charge in [0, 0.05) is 6.42 Å². The SMILES string of the molecule is Cc1nc2c(cc1F)CC(=O)C=C2. The van der Waals surface area contributed by atoms with Gasteiger partial charge in [0.1, 0.15) is 5.82 Å². The summed E-state index contributed by atoms with van der Waals surface area (Å²) < 4.78 is 13.0. The smallest absolute Gasteiger partial charge is 0.160 e. The van der Waals surface area contributed by atoms with Crippen molar-refractivity contribution in [3.05, 3.63) is 34.9 Å². The van der Waals surface area contributed by atoms with Gasteiger partial charge in [-0.1, -0.05) is 0 Å². The van der Waals surface area contributed by atoms with Crippen LogP contribution in [-0.2, 0) is 11.2 Å². The van der Waals surface area contributed by atoms with E-state index in [0.717, 1.165) is 0 Å². The Hall–Kier alpha value is -1.51. The molecule has 66 valence electrons. The van der Waals surface area contributed by atoms with Crippen molar-refractivity contribution in [2.24, 2.45) is 0 Å². The van der Waals surface area contributed by atoms with Crippen molar-refractivity contribution in [1.82, 2.24) is 4.98 Å². The second-order valence-corrected chi connectivity index (χ2v) is 3.08. The number of hydrogen-bond donors (Lipinski definition) is 0. The molecule has 3 heteroatoms.